The van der Waals surface area contributed by atoms with Crippen LogP contribution >= 0.6 is 0 Å². The Hall–Kier alpha value is -1.82. The maximum Gasteiger partial charge on any atom is 0.412 e. The van der Waals surface area contributed by atoms with Crippen LogP contribution in [0, 0.1) is 0 Å². The van der Waals surface area contributed by atoms with Crippen LogP contribution in [0.2, 0.25) is 0 Å². The van der Waals surface area contributed by atoms with Gasteiger partial charge < -0.3 is 14.4 Å². The van der Waals surface area contributed by atoms with Crippen molar-refractivity contribution in [3.63, 3.8) is 0 Å². The fourth-order valence-electron chi connectivity index (χ4n) is 1.72. The molecule has 0 atom stereocenters. The van der Waals surface area contributed by atoms with E-state index >= 15 is 0 Å². The second-order valence-corrected chi connectivity index (χ2v) is 5.57. The van der Waals surface area contributed by atoms with E-state index in [1.165, 1.54) is 6.92 Å². The van der Waals surface area contributed by atoms with Crippen LogP contribution < -0.4 is 5.32 Å². The summed E-state index contributed by atoms with van der Waals surface area (Å²) in [6.45, 7) is 7.35. The van der Waals surface area contributed by atoms with E-state index < -0.39 is 11.7 Å². The van der Waals surface area contributed by atoms with Crippen LogP contribution in [0.1, 0.15) is 44.6 Å². The summed E-state index contributed by atoms with van der Waals surface area (Å²) in [5.74, 6) is -0.0971. The van der Waals surface area contributed by atoms with E-state index in [0.717, 1.165) is 0 Å². The third-order valence-corrected chi connectivity index (χ3v) is 2.46. The number of carbonyl (C=O) groups is 2. The molecule has 0 fully saturated rings. The quantitative estimate of drug-likeness (QED) is 0.813. The highest BCUT2D eigenvalue weighted by Crippen LogP contribution is 2.17. The lowest BCUT2D eigenvalue weighted by atomic mass is 10.2. The van der Waals surface area contributed by atoms with Crippen LogP contribution in [0.5, 0.6) is 0 Å². The highest BCUT2D eigenvalue weighted by atomic mass is 16.6. The highest BCUT2D eigenvalue weighted by Gasteiger charge is 2.17. The number of ketones is 1. The van der Waals surface area contributed by atoms with Crippen LogP contribution in [-0.2, 0) is 11.3 Å². The molecular formula is C14H22N2O4. The lowest BCUT2D eigenvalue weighted by molar-refractivity contribution is 0.0635. The van der Waals surface area contributed by atoms with Gasteiger partial charge in [-0.15, -0.1) is 0 Å². The third-order valence-electron chi connectivity index (χ3n) is 2.46. The molecule has 1 aromatic rings. The zero-order chi connectivity index (χ0) is 15.3. The Balaban J connectivity index is 2.81. The Labute approximate surface area is 118 Å². The maximum absolute atomic E-state index is 11.7. The van der Waals surface area contributed by atoms with Gasteiger partial charge in [0, 0.05) is 26.3 Å². The minimum Gasteiger partial charge on any atom is -0.444 e. The first kappa shape index (κ1) is 16.2. The number of anilines is 1. The van der Waals surface area contributed by atoms with Crippen molar-refractivity contribution >= 4 is 17.6 Å². The summed E-state index contributed by atoms with van der Waals surface area (Å²) in [6, 6.07) is 1.60. The van der Waals surface area contributed by atoms with E-state index in [1.807, 2.05) is 0 Å². The number of aryl methyl sites for hydroxylation is 1. The molecule has 0 bridgehead atoms. The Morgan fingerprint density at radius 1 is 1.40 bits per heavy atom. The largest absolute Gasteiger partial charge is 0.444 e. The summed E-state index contributed by atoms with van der Waals surface area (Å²) >= 11 is 0. The normalized spacial score (nSPS) is 11.2. The summed E-state index contributed by atoms with van der Waals surface area (Å²) in [7, 11) is 0. The van der Waals surface area contributed by atoms with Gasteiger partial charge in [-0.2, -0.15) is 0 Å². The topological polar surface area (TPSA) is 80.6 Å². The molecule has 0 spiro atoms. The molecule has 1 amide bonds. The fourth-order valence-corrected chi connectivity index (χ4v) is 1.72. The second-order valence-electron chi connectivity index (χ2n) is 5.57. The van der Waals surface area contributed by atoms with E-state index in [4.69, 9.17) is 9.84 Å². The van der Waals surface area contributed by atoms with Crippen molar-refractivity contribution < 1.29 is 19.4 Å². The van der Waals surface area contributed by atoms with Gasteiger partial charge in [0.05, 0.1) is 11.4 Å². The van der Waals surface area contributed by atoms with E-state index in [1.54, 1.807) is 37.6 Å². The zero-order valence-corrected chi connectivity index (χ0v) is 12.4. The second kappa shape index (κ2) is 6.56. The van der Waals surface area contributed by atoms with Crippen molar-refractivity contribution in [3.05, 3.63) is 18.0 Å². The van der Waals surface area contributed by atoms with E-state index in [2.05, 4.69) is 5.32 Å². The van der Waals surface area contributed by atoms with Gasteiger partial charge in [0.1, 0.15) is 5.60 Å². The van der Waals surface area contributed by atoms with Crippen molar-refractivity contribution in [3.8, 4) is 0 Å². The minimum absolute atomic E-state index is 0.0460. The first-order chi connectivity index (χ1) is 9.23. The molecule has 1 aromatic heterocycles. The van der Waals surface area contributed by atoms with Gasteiger partial charge >= 0.3 is 6.09 Å². The SMILES string of the molecule is CC(=O)c1cc(NC(=O)OC(C)(C)C)cn1CCCO. The van der Waals surface area contributed by atoms with Crippen LogP contribution in [-0.4, -0.2) is 33.8 Å². The van der Waals surface area contributed by atoms with E-state index in [-0.39, 0.29) is 12.4 Å². The molecule has 112 valence electrons. The number of hydrogen-bond donors (Lipinski definition) is 2. The molecule has 2 N–H and O–H groups in total. The summed E-state index contributed by atoms with van der Waals surface area (Å²) in [5.41, 5.74) is 0.416. The molecule has 0 unspecified atom stereocenters. The molecule has 20 heavy (non-hydrogen) atoms. The molecule has 6 heteroatoms. The van der Waals surface area contributed by atoms with Crippen LogP contribution in [0.15, 0.2) is 12.3 Å². The number of amides is 1. The number of carbonyl (C=O) groups excluding carboxylic acids is 2. The molecule has 0 saturated heterocycles. The molecule has 1 rings (SSSR count). The van der Waals surface area contributed by atoms with Gasteiger partial charge in [0.15, 0.2) is 5.78 Å². The molecule has 0 aliphatic heterocycles. The summed E-state index contributed by atoms with van der Waals surface area (Å²) in [4.78, 5) is 23.2. The number of Topliss-reactive ketones (excluding diaryl/α,β-unsaturated/α-hetero) is 1. The number of aliphatic hydroxyl groups is 1. The lowest BCUT2D eigenvalue weighted by Crippen LogP contribution is -2.27. The smallest absolute Gasteiger partial charge is 0.412 e. The van der Waals surface area contributed by atoms with Crippen molar-refractivity contribution in [1.29, 1.82) is 0 Å². The standard InChI is InChI=1S/C14H22N2O4/c1-10(18)12-8-11(9-16(12)6-5-7-17)15-13(19)20-14(2,3)4/h8-9,17H,5-7H2,1-4H3,(H,15,19). The van der Waals surface area contributed by atoms with Crippen LogP contribution in [0.4, 0.5) is 10.5 Å². The first-order valence-corrected chi connectivity index (χ1v) is 6.55. The number of rotatable bonds is 5. The summed E-state index contributed by atoms with van der Waals surface area (Å²) in [6.07, 6.45) is 1.64. The van der Waals surface area contributed by atoms with Gasteiger partial charge in [-0.3, -0.25) is 10.1 Å². The first-order valence-electron chi connectivity index (χ1n) is 6.55. The fraction of sp³-hybridized carbons (Fsp3) is 0.571. The van der Waals surface area contributed by atoms with Crippen molar-refractivity contribution in [2.24, 2.45) is 0 Å². The molecule has 1 heterocycles. The maximum atomic E-state index is 11.7. The number of nitrogens with zero attached hydrogens (tertiary/aromatic N) is 1. The Kier molecular flexibility index (Phi) is 5.33. The van der Waals surface area contributed by atoms with Gasteiger partial charge in [-0.25, -0.2) is 4.79 Å². The average molecular weight is 282 g/mol. The van der Waals surface area contributed by atoms with Gasteiger partial charge in [0.25, 0.3) is 0 Å². The van der Waals surface area contributed by atoms with Crippen molar-refractivity contribution in [2.45, 2.75) is 46.3 Å². The molecule has 6 nitrogen and oxygen atoms in total. The molecule has 0 aliphatic rings. The number of hydrogen-bond acceptors (Lipinski definition) is 4. The Morgan fingerprint density at radius 3 is 2.55 bits per heavy atom. The Bertz CT molecular complexity index is 486. The van der Waals surface area contributed by atoms with E-state index in [0.29, 0.717) is 24.3 Å². The summed E-state index contributed by atoms with van der Waals surface area (Å²) in [5, 5.41) is 11.4. The predicted molar refractivity (Wildman–Crippen MR) is 76.0 cm³/mol. The average Bonchev–Trinajstić information content (AvgIpc) is 2.66. The van der Waals surface area contributed by atoms with Crippen molar-refractivity contribution in [1.82, 2.24) is 4.57 Å². The number of nitrogens with one attached hydrogen (secondary N) is 1. The Morgan fingerprint density at radius 2 is 2.05 bits per heavy atom. The van der Waals surface area contributed by atoms with Crippen LogP contribution in [0.3, 0.4) is 0 Å². The van der Waals surface area contributed by atoms with E-state index in [9.17, 15) is 9.59 Å². The van der Waals surface area contributed by atoms with Gasteiger partial charge in [0.2, 0.25) is 0 Å². The lowest BCUT2D eigenvalue weighted by Gasteiger charge is -2.19. The molecule has 0 aliphatic carbocycles. The van der Waals surface area contributed by atoms with Crippen LogP contribution in [0.25, 0.3) is 0 Å². The highest BCUT2D eigenvalue weighted by molar-refractivity contribution is 5.95. The van der Waals surface area contributed by atoms with Gasteiger partial charge in [-0.05, 0) is 33.3 Å². The van der Waals surface area contributed by atoms with Crippen molar-refractivity contribution in [2.75, 3.05) is 11.9 Å². The molecule has 0 saturated carbocycles. The van der Waals surface area contributed by atoms with Gasteiger partial charge in [-0.1, -0.05) is 0 Å². The minimum atomic E-state index is -0.576. The molecular weight excluding hydrogens is 260 g/mol. The number of ether oxygens (including phenoxy) is 1. The predicted octanol–water partition coefficient (Wildman–Crippen LogP) is 2.42. The molecule has 0 radical (unpaired) electrons. The number of aliphatic hydroxyl groups excluding tert-OH is 1. The third kappa shape index (κ3) is 5.05. The monoisotopic (exact) mass is 282 g/mol. The number of aromatic nitrogens is 1. The zero-order valence-electron chi connectivity index (χ0n) is 12.4. The molecule has 0 aromatic carbocycles. The summed E-state index contributed by atoms with van der Waals surface area (Å²) < 4.78 is 6.86.